The SMILES string of the molecule is CC1(C)O[C@@H]2[C@H](O1)[C@H](COC(=O)c1ccc([N+](=O)[O-])cc1)O[C@@H]2NC(=O)N(CCCl)N=O. The molecule has 2 saturated heterocycles. The van der Waals surface area contributed by atoms with Crippen molar-refractivity contribution in [3.05, 3.63) is 44.9 Å². The molecule has 1 aromatic rings. The molecule has 0 bridgehead atoms. The van der Waals surface area contributed by atoms with E-state index in [4.69, 9.17) is 30.5 Å². The highest BCUT2D eigenvalue weighted by atomic mass is 35.5. The summed E-state index contributed by atoms with van der Waals surface area (Å²) >= 11 is 5.55. The number of rotatable bonds is 8. The number of hydrogen-bond acceptors (Lipinski definition) is 10. The standard InChI is InChI=1S/C18H21ClN4O9/c1-18(2)31-13-12(9-29-16(24)10-3-5-11(6-4-10)23(27)28)30-15(14(13)32-18)20-17(25)22(21-26)8-7-19/h3-6,12-15H,7-9H2,1-2H3,(H,20,25)/t12-,13+,14+,15-/m0/s1. The van der Waals surface area contributed by atoms with E-state index in [0.29, 0.717) is 5.01 Å². The number of carbonyl (C=O) groups excluding carboxylic acids is 2. The maximum absolute atomic E-state index is 12.3. The van der Waals surface area contributed by atoms with Crippen LogP contribution in [0.25, 0.3) is 0 Å². The van der Waals surface area contributed by atoms with Gasteiger partial charge in [-0.1, -0.05) is 0 Å². The summed E-state index contributed by atoms with van der Waals surface area (Å²) < 4.78 is 22.6. The highest BCUT2D eigenvalue weighted by molar-refractivity contribution is 6.18. The lowest BCUT2D eigenvalue weighted by Crippen LogP contribution is -2.48. The van der Waals surface area contributed by atoms with Crippen LogP contribution in [0.2, 0.25) is 0 Å². The van der Waals surface area contributed by atoms with Crippen molar-refractivity contribution < 1.29 is 33.5 Å². The fourth-order valence-corrected chi connectivity index (χ4v) is 3.51. The van der Waals surface area contributed by atoms with Gasteiger partial charge in [0.2, 0.25) is 0 Å². The molecule has 0 unspecified atom stereocenters. The van der Waals surface area contributed by atoms with Crippen LogP contribution in [0.15, 0.2) is 29.6 Å². The third kappa shape index (κ3) is 5.30. The number of carbonyl (C=O) groups is 2. The molecule has 2 aliphatic heterocycles. The van der Waals surface area contributed by atoms with Crippen molar-refractivity contribution in [2.45, 2.75) is 44.2 Å². The van der Waals surface area contributed by atoms with Crippen LogP contribution in [0.3, 0.4) is 0 Å². The Morgan fingerprint density at radius 3 is 2.53 bits per heavy atom. The summed E-state index contributed by atoms with van der Waals surface area (Å²) in [4.78, 5) is 45.6. The summed E-state index contributed by atoms with van der Waals surface area (Å²) in [6.45, 7) is 3.02. The number of nitro groups is 1. The average Bonchev–Trinajstić information content (AvgIpc) is 3.23. The smallest absolute Gasteiger partial charge is 0.342 e. The van der Waals surface area contributed by atoms with Crippen LogP contribution in [-0.2, 0) is 18.9 Å². The number of urea groups is 1. The van der Waals surface area contributed by atoms with Crippen LogP contribution in [0.1, 0.15) is 24.2 Å². The number of nitro benzene ring substituents is 1. The Morgan fingerprint density at radius 2 is 1.94 bits per heavy atom. The van der Waals surface area contributed by atoms with Crippen LogP contribution in [0, 0.1) is 15.0 Å². The first-order chi connectivity index (χ1) is 15.1. The Labute approximate surface area is 187 Å². The van der Waals surface area contributed by atoms with Crippen LogP contribution in [-0.4, -0.2) is 71.3 Å². The zero-order valence-corrected chi connectivity index (χ0v) is 17.9. The van der Waals surface area contributed by atoms with Gasteiger partial charge < -0.3 is 24.3 Å². The number of nitrogens with one attached hydrogen (secondary N) is 1. The van der Waals surface area contributed by atoms with E-state index >= 15 is 0 Å². The normalized spacial score (nSPS) is 25.6. The van der Waals surface area contributed by atoms with E-state index in [-0.39, 0.29) is 30.3 Å². The number of amides is 2. The van der Waals surface area contributed by atoms with Gasteiger partial charge in [0.15, 0.2) is 12.0 Å². The predicted octanol–water partition coefficient (Wildman–Crippen LogP) is 1.93. The highest BCUT2D eigenvalue weighted by Gasteiger charge is 2.56. The van der Waals surface area contributed by atoms with Gasteiger partial charge in [-0.15, -0.1) is 16.5 Å². The monoisotopic (exact) mass is 472 g/mol. The Balaban J connectivity index is 1.64. The van der Waals surface area contributed by atoms with Gasteiger partial charge >= 0.3 is 12.0 Å². The minimum absolute atomic E-state index is 0.00456. The van der Waals surface area contributed by atoms with Crippen molar-refractivity contribution >= 4 is 29.3 Å². The lowest BCUT2D eigenvalue weighted by atomic mass is 10.1. The summed E-state index contributed by atoms with van der Waals surface area (Å²) in [6.07, 6.45) is -3.20. The molecular formula is C18H21ClN4O9. The molecule has 32 heavy (non-hydrogen) atoms. The summed E-state index contributed by atoms with van der Waals surface area (Å²) in [5.74, 6) is -1.70. The summed E-state index contributed by atoms with van der Waals surface area (Å²) in [5, 5.41) is 16.4. The molecule has 0 aliphatic carbocycles. The van der Waals surface area contributed by atoms with E-state index in [2.05, 4.69) is 10.6 Å². The molecule has 1 aromatic carbocycles. The molecule has 2 amide bonds. The first-order valence-electron chi connectivity index (χ1n) is 9.55. The second kappa shape index (κ2) is 9.73. The Morgan fingerprint density at radius 1 is 1.28 bits per heavy atom. The molecule has 2 aliphatic rings. The predicted molar refractivity (Wildman–Crippen MR) is 108 cm³/mol. The van der Waals surface area contributed by atoms with E-state index < -0.39 is 47.3 Å². The largest absolute Gasteiger partial charge is 0.459 e. The van der Waals surface area contributed by atoms with E-state index in [1.807, 2.05) is 0 Å². The second-order valence-electron chi connectivity index (χ2n) is 7.41. The Hall–Kier alpha value is -2.87. The van der Waals surface area contributed by atoms with Crippen molar-refractivity contribution in [3.8, 4) is 0 Å². The summed E-state index contributed by atoms with van der Waals surface area (Å²) in [5.41, 5.74) is -0.0402. The third-order valence-electron chi connectivity index (χ3n) is 4.74. The van der Waals surface area contributed by atoms with E-state index in [9.17, 15) is 24.6 Å². The third-order valence-corrected chi connectivity index (χ3v) is 4.91. The van der Waals surface area contributed by atoms with Gasteiger partial charge in [0.1, 0.15) is 24.9 Å². The molecule has 0 radical (unpaired) electrons. The van der Waals surface area contributed by atoms with Gasteiger partial charge in [-0.05, 0) is 26.0 Å². The quantitative estimate of drug-likeness (QED) is 0.196. The van der Waals surface area contributed by atoms with Crippen LogP contribution in [0.4, 0.5) is 10.5 Å². The zero-order valence-electron chi connectivity index (χ0n) is 17.1. The molecular weight excluding hydrogens is 452 g/mol. The van der Waals surface area contributed by atoms with Gasteiger partial charge in [0, 0.05) is 18.0 Å². The fraction of sp³-hybridized carbons (Fsp3) is 0.556. The number of non-ortho nitro benzene ring substituents is 1. The number of alkyl halides is 1. The molecule has 2 heterocycles. The lowest BCUT2D eigenvalue weighted by Gasteiger charge is -2.25. The average molecular weight is 473 g/mol. The maximum atomic E-state index is 12.3. The zero-order chi connectivity index (χ0) is 23.5. The minimum atomic E-state index is -1.00. The van der Waals surface area contributed by atoms with Crippen molar-refractivity contribution in [1.82, 2.24) is 10.3 Å². The lowest BCUT2D eigenvalue weighted by molar-refractivity contribution is -0.384. The van der Waals surface area contributed by atoms with Crippen LogP contribution in [0.5, 0.6) is 0 Å². The number of nitrogens with zero attached hydrogens (tertiary/aromatic N) is 3. The van der Waals surface area contributed by atoms with E-state index in [0.717, 1.165) is 0 Å². The van der Waals surface area contributed by atoms with Gasteiger partial charge in [-0.3, -0.25) is 10.1 Å². The Bertz CT molecular complexity index is 882. The van der Waals surface area contributed by atoms with Gasteiger partial charge in [-0.2, -0.15) is 5.01 Å². The van der Waals surface area contributed by atoms with Crippen molar-refractivity contribution in [3.63, 3.8) is 0 Å². The molecule has 0 spiro atoms. The Kier molecular flexibility index (Phi) is 7.23. The molecule has 3 rings (SSSR count). The number of nitroso groups, excluding NO2 is 1. The molecule has 0 aromatic heterocycles. The number of benzene rings is 1. The van der Waals surface area contributed by atoms with Gasteiger partial charge in [0.05, 0.1) is 22.3 Å². The number of hydrogen-bond donors (Lipinski definition) is 1. The van der Waals surface area contributed by atoms with Crippen LogP contribution < -0.4 is 5.32 Å². The van der Waals surface area contributed by atoms with E-state index in [1.54, 1.807) is 13.8 Å². The van der Waals surface area contributed by atoms with Crippen molar-refractivity contribution in [2.75, 3.05) is 19.0 Å². The first-order valence-corrected chi connectivity index (χ1v) is 10.1. The van der Waals surface area contributed by atoms with Crippen LogP contribution >= 0.6 is 11.6 Å². The number of ether oxygens (including phenoxy) is 4. The fourth-order valence-electron chi connectivity index (χ4n) is 3.35. The molecule has 174 valence electrons. The molecule has 13 nitrogen and oxygen atoms in total. The van der Waals surface area contributed by atoms with E-state index in [1.165, 1.54) is 24.3 Å². The van der Waals surface area contributed by atoms with Crippen molar-refractivity contribution in [2.24, 2.45) is 5.29 Å². The number of esters is 1. The molecule has 0 saturated carbocycles. The number of halogens is 1. The highest BCUT2D eigenvalue weighted by Crippen LogP contribution is 2.38. The molecule has 14 heteroatoms. The molecule has 4 atom stereocenters. The van der Waals surface area contributed by atoms with Gasteiger partial charge in [-0.25, -0.2) is 9.59 Å². The first kappa shape index (κ1) is 23.8. The topological polar surface area (TPSA) is 159 Å². The summed E-state index contributed by atoms with van der Waals surface area (Å²) in [7, 11) is 0. The summed E-state index contributed by atoms with van der Waals surface area (Å²) in [6, 6.07) is 4.10. The maximum Gasteiger partial charge on any atom is 0.342 e. The number of fused-ring (bicyclic) bond motifs is 1. The minimum Gasteiger partial charge on any atom is -0.459 e. The molecule has 2 fully saturated rings. The van der Waals surface area contributed by atoms with Gasteiger partial charge in [0.25, 0.3) is 5.69 Å². The second-order valence-corrected chi connectivity index (χ2v) is 7.78. The van der Waals surface area contributed by atoms with Crippen molar-refractivity contribution in [1.29, 1.82) is 0 Å². The molecule has 1 N–H and O–H groups in total.